The Morgan fingerprint density at radius 1 is 1.73 bits per heavy atom. The van der Waals surface area contributed by atoms with Gasteiger partial charge in [-0.05, 0) is 6.92 Å². The molecular formula is C8H13N3. The highest BCUT2D eigenvalue weighted by molar-refractivity contribution is 5.46. The lowest BCUT2D eigenvalue weighted by molar-refractivity contribution is 0.660. The Balaban J connectivity index is 2.65. The molecule has 0 aromatic carbocycles. The molecule has 0 aliphatic heterocycles. The van der Waals surface area contributed by atoms with Gasteiger partial charge in [0.25, 0.3) is 0 Å². The van der Waals surface area contributed by atoms with Crippen LogP contribution in [0, 0.1) is 0 Å². The number of nitrogens with two attached hydrogens (primary N) is 1. The maximum absolute atomic E-state index is 5.30. The van der Waals surface area contributed by atoms with E-state index in [0.29, 0.717) is 6.54 Å². The SMILES string of the molecule is CCn1cc(/C=C/CN)cn1. The molecule has 0 bridgehead atoms. The van der Waals surface area contributed by atoms with Crippen molar-refractivity contribution in [3.8, 4) is 0 Å². The first-order chi connectivity index (χ1) is 5.36. The molecule has 1 aromatic rings. The molecule has 3 heteroatoms. The fourth-order valence-corrected chi connectivity index (χ4v) is 0.843. The summed E-state index contributed by atoms with van der Waals surface area (Å²) in [5.74, 6) is 0. The smallest absolute Gasteiger partial charge is 0.0562 e. The predicted octanol–water partition coefficient (Wildman–Crippen LogP) is 0.875. The first kappa shape index (κ1) is 8.01. The van der Waals surface area contributed by atoms with Crippen LogP contribution in [-0.2, 0) is 6.54 Å². The van der Waals surface area contributed by atoms with Crippen molar-refractivity contribution >= 4 is 6.08 Å². The fraction of sp³-hybridized carbons (Fsp3) is 0.375. The lowest BCUT2D eigenvalue weighted by atomic mass is 10.3. The minimum atomic E-state index is 0.581. The van der Waals surface area contributed by atoms with Crippen LogP contribution in [0.2, 0.25) is 0 Å². The van der Waals surface area contributed by atoms with E-state index in [9.17, 15) is 0 Å². The van der Waals surface area contributed by atoms with Crippen LogP contribution < -0.4 is 5.73 Å². The molecule has 1 rings (SSSR count). The molecular weight excluding hydrogens is 138 g/mol. The lowest BCUT2D eigenvalue weighted by Gasteiger charge is -1.89. The van der Waals surface area contributed by atoms with Gasteiger partial charge in [-0.15, -0.1) is 0 Å². The number of hydrogen-bond acceptors (Lipinski definition) is 2. The second-order valence-corrected chi connectivity index (χ2v) is 2.27. The highest BCUT2D eigenvalue weighted by Gasteiger charge is 1.89. The Morgan fingerprint density at radius 2 is 2.55 bits per heavy atom. The Kier molecular flexibility index (Phi) is 2.86. The van der Waals surface area contributed by atoms with Crippen LogP contribution in [0.25, 0.3) is 6.08 Å². The van der Waals surface area contributed by atoms with Gasteiger partial charge in [0.2, 0.25) is 0 Å². The Bertz CT molecular complexity index is 237. The van der Waals surface area contributed by atoms with Crippen LogP contribution in [-0.4, -0.2) is 16.3 Å². The van der Waals surface area contributed by atoms with Crippen LogP contribution in [0.3, 0.4) is 0 Å². The van der Waals surface area contributed by atoms with Crippen molar-refractivity contribution in [2.75, 3.05) is 6.54 Å². The summed E-state index contributed by atoms with van der Waals surface area (Å²) >= 11 is 0. The summed E-state index contributed by atoms with van der Waals surface area (Å²) in [6, 6.07) is 0. The largest absolute Gasteiger partial charge is 0.327 e. The summed E-state index contributed by atoms with van der Waals surface area (Å²) in [5.41, 5.74) is 6.41. The number of rotatable bonds is 3. The third-order valence-corrected chi connectivity index (χ3v) is 1.42. The standard InChI is InChI=1S/C8H13N3/c1-2-11-7-8(6-10-11)4-3-5-9/h3-4,6-7H,2,5,9H2,1H3/b4-3+. The number of nitrogens with zero attached hydrogens (tertiary/aromatic N) is 2. The van der Waals surface area contributed by atoms with Gasteiger partial charge in [-0.3, -0.25) is 4.68 Å². The molecule has 3 nitrogen and oxygen atoms in total. The first-order valence-electron chi connectivity index (χ1n) is 3.76. The second-order valence-electron chi connectivity index (χ2n) is 2.27. The number of aromatic nitrogens is 2. The lowest BCUT2D eigenvalue weighted by Crippen LogP contribution is -1.92. The summed E-state index contributed by atoms with van der Waals surface area (Å²) in [6.45, 7) is 3.55. The maximum atomic E-state index is 5.30. The van der Waals surface area contributed by atoms with Gasteiger partial charge < -0.3 is 5.73 Å². The van der Waals surface area contributed by atoms with Gasteiger partial charge >= 0.3 is 0 Å². The van der Waals surface area contributed by atoms with Crippen LogP contribution >= 0.6 is 0 Å². The maximum Gasteiger partial charge on any atom is 0.0562 e. The average Bonchev–Trinajstić information content (AvgIpc) is 2.48. The minimum absolute atomic E-state index is 0.581. The van der Waals surface area contributed by atoms with E-state index in [-0.39, 0.29) is 0 Å². The molecule has 0 radical (unpaired) electrons. The molecule has 0 saturated carbocycles. The minimum Gasteiger partial charge on any atom is -0.327 e. The van der Waals surface area contributed by atoms with Gasteiger partial charge in [0, 0.05) is 24.8 Å². The van der Waals surface area contributed by atoms with E-state index in [0.717, 1.165) is 12.1 Å². The summed E-state index contributed by atoms with van der Waals surface area (Å²) in [5, 5.41) is 4.11. The zero-order chi connectivity index (χ0) is 8.10. The van der Waals surface area contributed by atoms with Crippen molar-refractivity contribution in [1.29, 1.82) is 0 Å². The second kappa shape index (κ2) is 3.93. The van der Waals surface area contributed by atoms with Gasteiger partial charge in [-0.1, -0.05) is 12.2 Å². The van der Waals surface area contributed by atoms with Gasteiger partial charge in [0.15, 0.2) is 0 Å². The summed E-state index contributed by atoms with van der Waals surface area (Å²) in [7, 11) is 0. The van der Waals surface area contributed by atoms with E-state index in [1.807, 2.05) is 29.2 Å². The van der Waals surface area contributed by atoms with Crippen molar-refractivity contribution in [3.05, 3.63) is 24.0 Å². The van der Waals surface area contributed by atoms with E-state index in [2.05, 4.69) is 12.0 Å². The van der Waals surface area contributed by atoms with Gasteiger partial charge in [0.05, 0.1) is 6.20 Å². The van der Waals surface area contributed by atoms with Crippen LogP contribution in [0.5, 0.6) is 0 Å². The summed E-state index contributed by atoms with van der Waals surface area (Å²) in [6.07, 6.45) is 7.71. The van der Waals surface area contributed by atoms with Gasteiger partial charge in [-0.2, -0.15) is 5.10 Å². The van der Waals surface area contributed by atoms with E-state index >= 15 is 0 Å². The normalized spacial score (nSPS) is 11.1. The molecule has 0 aliphatic carbocycles. The van der Waals surface area contributed by atoms with Crippen LogP contribution in [0.15, 0.2) is 18.5 Å². The highest BCUT2D eigenvalue weighted by Crippen LogP contribution is 1.99. The molecule has 2 N–H and O–H groups in total. The van der Waals surface area contributed by atoms with Gasteiger partial charge in [-0.25, -0.2) is 0 Å². The van der Waals surface area contributed by atoms with E-state index in [1.54, 1.807) is 0 Å². The molecule has 0 aliphatic rings. The van der Waals surface area contributed by atoms with Crippen molar-refractivity contribution in [2.45, 2.75) is 13.5 Å². The first-order valence-corrected chi connectivity index (χ1v) is 3.76. The van der Waals surface area contributed by atoms with Crippen molar-refractivity contribution < 1.29 is 0 Å². The Hall–Kier alpha value is -1.09. The Labute approximate surface area is 66.5 Å². The van der Waals surface area contributed by atoms with Crippen LogP contribution in [0.4, 0.5) is 0 Å². The molecule has 60 valence electrons. The third kappa shape index (κ3) is 2.20. The molecule has 0 atom stereocenters. The zero-order valence-electron chi connectivity index (χ0n) is 6.70. The molecule has 0 unspecified atom stereocenters. The molecule has 0 spiro atoms. The molecule has 1 heterocycles. The molecule has 0 saturated heterocycles. The molecule has 0 amide bonds. The number of aryl methyl sites for hydroxylation is 1. The third-order valence-electron chi connectivity index (χ3n) is 1.42. The monoisotopic (exact) mass is 151 g/mol. The van der Waals surface area contributed by atoms with E-state index in [1.165, 1.54) is 0 Å². The quantitative estimate of drug-likeness (QED) is 0.696. The predicted molar refractivity (Wildman–Crippen MR) is 46.0 cm³/mol. The molecule has 11 heavy (non-hydrogen) atoms. The van der Waals surface area contributed by atoms with Crippen molar-refractivity contribution in [2.24, 2.45) is 5.73 Å². The number of hydrogen-bond donors (Lipinski definition) is 1. The molecule has 1 aromatic heterocycles. The van der Waals surface area contributed by atoms with E-state index < -0.39 is 0 Å². The van der Waals surface area contributed by atoms with Crippen molar-refractivity contribution in [3.63, 3.8) is 0 Å². The summed E-state index contributed by atoms with van der Waals surface area (Å²) in [4.78, 5) is 0. The average molecular weight is 151 g/mol. The van der Waals surface area contributed by atoms with Crippen molar-refractivity contribution in [1.82, 2.24) is 9.78 Å². The fourth-order valence-electron chi connectivity index (χ4n) is 0.843. The highest BCUT2D eigenvalue weighted by atomic mass is 15.3. The topological polar surface area (TPSA) is 43.8 Å². The Morgan fingerprint density at radius 3 is 3.09 bits per heavy atom. The van der Waals surface area contributed by atoms with Crippen LogP contribution in [0.1, 0.15) is 12.5 Å². The van der Waals surface area contributed by atoms with Gasteiger partial charge in [0.1, 0.15) is 0 Å². The summed E-state index contributed by atoms with van der Waals surface area (Å²) < 4.78 is 1.89. The molecule has 0 fully saturated rings. The van der Waals surface area contributed by atoms with E-state index in [4.69, 9.17) is 5.73 Å². The zero-order valence-corrected chi connectivity index (χ0v) is 6.70.